The van der Waals surface area contributed by atoms with E-state index >= 15 is 0 Å². The van der Waals surface area contributed by atoms with Gasteiger partial charge in [-0.3, -0.25) is 9.78 Å². The van der Waals surface area contributed by atoms with Crippen LogP contribution in [0.15, 0.2) is 18.3 Å². The van der Waals surface area contributed by atoms with Crippen LogP contribution in [0.2, 0.25) is 0 Å². The van der Waals surface area contributed by atoms with E-state index in [0.717, 1.165) is 18.4 Å². The van der Waals surface area contributed by atoms with Crippen molar-refractivity contribution in [2.45, 2.75) is 39.3 Å². The lowest BCUT2D eigenvalue weighted by Crippen LogP contribution is -2.35. The summed E-state index contributed by atoms with van der Waals surface area (Å²) >= 11 is 0. The van der Waals surface area contributed by atoms with Crippen LogP contribution in [-0.4, -0.2) is 28.9 Å². The first-order valence-electron chi connectivity index (χ1n) is 6.02. The summed E-state index contributed by atoms with van der Waals surface area (Å²) in [6, 6.07) is 3.82. The molecule has 94 valence electrons. The molecule has 1 unspecified atom stereocenters. The van der Waals surface area contributed by atoms with Gasteiger partial charge in [-0.25, -0.2) is 0 Å². The molecule has 0 fully saturated rings. The molecule has 1 amide bonds. The van der Waals surface area contributed by atoms with Crippen LogP contribution in [-0.2, 0) is 6.54 Å². The molecule has 17 heavy (non-hydrogen) atoms. The highest BCUT2D eigenvalue weighted by atomic mass is 16.2. The van der Waals surface area contributed by atoms with Crippen molar-refractivity contribution in [3.8, 4) is 0 Å². The second-order valence-corrected chi connectivity index (χ2v) is 4.31. The predicted molar refractivity (Wildman–Crippen MR) is 68.6 cm³/mol. The van der Waals surface area contributed by atoms with E-state index in [0.29, 0.717) is 12.2 Å². The van der Waals surface area contributed by atoms with Gasteiger partial charge in [0.2, 0.25) is 0 Å². The quantitative estimate of drug-likeness (QED) is 0.846. The minimum atomic E-state index is -0.0329. The van der Waals surface area contributed by atoms with Gasteiger partial charge >= 0.3 is 0 Å². The van der Waals surface area contributed by atoms with Crippen molar-refractivity contribution in [1.82, 2.24) is 9.88 Å². The zero-order valence-electron chi connectivity index (χ0n) is 10.8. The normalized spacial score (nSPS) is 12.2. The van der Waals surface area contributed by atoms with Crippen LogP contribution >= 0.6 is 0 Å². The number of amides is 1. The van der Waals surface area contributed by atoms with E-state index in [1.165, 1.54) is 0 Å². The van der Waals surface area contributed by atoms with Crippen molar-refractivity contribution in [2.75, 3.05) is 7.05 Å². The lowest BCUT2D eigenvalue weighted by atomic mass is 10.1. The SMILES string of the molecule is CCCC(C)N(C)C(=O)c1ccc(CN)cn1. The summed E-state index contributed by atoms with van der Waals surface area (Å²) in [6.45, 7) is 4.61. The van der Waals surface area contributed by atoms with Crippen molar-refractivity contribution < 1.29 is 4.79 Å². The zero-order valence-corrected chi connectivity index (χ0v) is 10.8. The highest BCUT2D eigenvalue weighted by molar-refractivity contribution is 5.92. The molecule has 1 aromatic rings. The third-order valence-corrected chi connectivity index (χ3v) is 2.97. The standard InChI is InChI=1S/C13H21N3O/c1-4-5-10(2)16(3)13(17)12-7-6-11(8-14)9-15-12/h6-7,9-10H,4-5,8,14H2,1-3H3. The van der Waals surface area contributed by atoms with Gasteiger partial charge < -0.3 is 10.6 Å². The van der Waals surface area contributed by atoms with Gasteiger partial charge in [0.1, 0.15) is 5.69 Å². The number of hydrogen-bond acceptors (Lipinski definition) is 3. The lowest BCUT2D eigenvalue weighted by molar-refractivity contribution is 0.0731. The van der Waals surface area contributed by atoms with Gasteiger partial charge in [-0.15, -0.1) is 0 Å². The number of aromatic nitrogens is 1. The Morgan fingerprint density at radius 2 is 2.24 bits per heavy atom. The molecule has 0 saturated heterocycles. The third kappa shape index (κ3) is 3.53. The molecule has 0 radical (unpaired) electrons. The highest BCUT2D eigenvalue weighted by Crippen LogP contribution is 2.09. The summed E-state index contributed by atoms with van der Waals surface area (Å²) < 4.78 is 0. The maximum atomic E-state index is 12.1. The van der Waals surface area contributed by atoms with E-state index in [1.807, 2.05) is 13.1 Å². The average molecular weight is 235 g/mol. The van der Waals surface area contributed by atoms with Crippen LogP contribution in [0.25, 0.3) is 0 Å². The molecular weight excluding hydrogens is 214 g/mol. The molecule has 0 aliphatic heterocycles. The molecule has 0 saturated carbocycles. The molecule has 1 heterocycles. The largest absolute Gasteiger partial charge is 0.338 e. The Balaban J connectivity index is 2.74. The summed E-state index contributed by atoms with van der Waals surface area (Å²) in [5.41, 5.74) is 6.90. The second kappa shape index (κ2) is 6.35. The summed E-state index contributed by atoms with van der Waals surface area (Å²) in [7, 11) is 1.82. The number of pyridine rings is 1. The predicted octanol–water partition coefficient (Wildman–Crippen LogP) is 1.80. The Morgan fingerprint density at radius 3 is 2.71 bits per heavy atom. The molecule has 0 aliphatic rings. The molecule has 1 rings (SSSR count). The third-order valence-electron chi connectivity index (χ3n) is 2.97. The van der Waals surface area contributed by atoms with Crippen LogP contribution in [0, 0.1) is 0 Å². The van der Waals surface area contributed by atoms with E-state index in [9.17, 15) is 4.79 Å². The summed E-state index contributed by atoms with van der Waals surface area (Å²) in [6.07, 6.45) is 3.73. The Labute approximate surface area is 103 Å². The molecule has 2 N–H and O–H groups in total. The molecule has 0 bridgehead atoms. The van der Waals surface area contributed by atoms with E-state index in [-0.39, 0.29) is 11.9 Å². The minimum Gasteiger partial charge on any atom is -0.338 e. The van der Waals surface area contributed by atoms with Crippen LogP contribution in [0.3, 0.4) is 0 Å². The molecule has 1 atom stereocenters. The molecule has 0 aliphatic carbocycles. The molecule has 0 aromatic carbocycles. The Kier molecular flexibility index (Phi) is 5.10. The van der Waals surface area contributed by atoms with Gasteiger partial charge in [0.25, 0.3) is 5.91 Å². The summed E-state index contributed by atoms with van der Waals surface area (Å²) in [5, 5.41) is 0. The summed E-state index contributed by atoms with van der Waals surface area (Å²) in [5.74, 6) is -0.0329. The van der Waals surface area contributed by atoms with Crippen LogP contribution < -0.4 is 5.73 Å². The van der Waals surface area contributed by atoms with Crippen LogP contribution in [0.5, 0.6) is 0 Å². The molecule has 0 spiro atoms. The zero-order chi connectivity index (χ0) is 12.8. The Morgan fingerprint density at radius 1 is 1.53 bits per heavy atom. The van der Waals surface area contributed by atoms with Gasteiger partial charge in [0, 0.05) is 25.8 Å². The maximum Gasteiger partial charge on any atom is 0.272 e. The van der Waals surface area contributed by atoms with E-state index in [2.05, 4.69) is 18.8 Å². The first-order chi connectivity index (χ1) is 8.10. The molecule has 1 aromatic heterocycles. The summed E-state index contributed by atoms with van der Waals surface area (Å²) in [4.78, 5) is 18.0. The van der Waals surface area contributed by atoms with E-state index in [1.54, 1.807) is 17.2 Å². The van der Waals surface area contributed by atoms with Crippen LogP contribution in [0.4, 0.5) is 0 Å². The maximum absolute atomic E-state index is 12.1. The highest BCUT2D eigenvalue weighted by Gasteiger charge is 2.17. The van der Waals surface area contributed by atoms with E-state index < -0.39 is 0 Å². The number of carbonyl (C=O) groups excluding carboxylic acids is 1. The van der Waals surface area contributed by atoms with Crippen LogP contribution in [0.1, 0.15) is 42.7 Å². The fourth-order valence-electron chi connectivity index (χ4n) is 1.66. The van der Waals surface area contributed by atoms with Gasteiger partial charge in [-0.05, 0) is 25.0 Å². The molecular formula is C13H21N3O. The lowest BCUT2D eigenvalue weighted by Gasteiger charge is -2.24. The Bertz CT molecular complexity index is 361. The van der Waals surface area contributed by atoms with Gasteiger partial charge in [0.15, 0.2) is 0 Å². The fourth-order valence-corrected chi connectivity index (χ4v) is 1.66. The van der Waals surface area contributed by atoms with Gasteiger partial charge in [0.05, 0.1) is 0 Å². The van der Waals surface area contributed by atoms with E-state index in [4.69, 9.17) is 5.73 Å². The number of hydrogen-bond donors (Lipinski definition) is 1. The van der Waals surface area contributed by atoms with Crippen molar-refractivity contribution in [2.24, 2.45) is 5.73 Å². The van der Waals surface area contributed by atoms with Gasteiger partial charge in [-0.1, -0.05) is 19.4 Å². The van der Waals surface area contributed by atoms with Crippen molar-refractivity contribution in [3.63, 3.8) is 0 Å². The number of nitrogens with two attached hydrogens (primary N) is 1. The fraction of sp³-hybridized carbons (Fsp3) is 0.538. The first-order valence-corrected chi connectivity index (χ1v) is 6.02. The monoisotopic (exact) mass is 235 g/mol. The first kappa shape index (κ1) is 13.6. The Hall–Kier alpha value is -1.42. The van der Waals surface area contributed by atoms with Crippen molar-refractivity contribution in [3.05, 3.63) is 29.6 Å². The van der Waals surface area contributed by atoms with Gasteiger partial charge in [-0.2, -0.15) is 0 Å². The number of carbonyl (C=O) groups is 1. The van der Waals surface area contributed by atoms with Crippen molar-refractivity contribution in [1.29, 1.82) is 0 Å². The minimum absolute atomic E-state index is 0.0329. The second-order valence-electron chi connectivity index (χ2n) is 4.31. The molecule has 4 nitrogen and oxygen atoms in total. The number of nitrogens with zero attached hydrogens (tertiary/aromatic N) is 2. The van der Waals surface area contributed by atoms with Crippen molar-refractivity contribution >= 4 is 5.91 Å². The topological polar surface area (TPSA) is 59.2 Å². The smallest absolute Gasteiger partial charge is 0.272 e. The number of rotatable bonds is 5. The average Bonchev–Trinajstić information content (AvgIpc) is 2.37. The molecule has 4 heteroatoms.